The summed E-state index contributed by atoms with van der Waals surface area (Å²) in [6.45, 7) is 3.12. The predicted molar refractivity (Wildman–Crippen MR) is 138 cm³/mol. The average molecular weight is 465 g/mol. The summed E-state index contributed by atoms with van der Waals surface area (Å²) < 4.78 is 6.52. The molecule has 1 saturated heterocycles. The zero-order valence-electron chi connectivity index (χ0n) is 20.2. The van der Waals surface area contributed by atoms with E-state index in [0.717, 1.165) is 42.4 Å². The summed E-state index contributed by atoms with van der Waals surface area (Å²) in [6.07, 6.45) is 3.66. The molecule has 0 spiro atoms. The number of aromatic nitrogens is 3. The van der Waals surface area contributed by atoms with E-state index in [2.05, 4.69) is 69.7 Å². The molecule has 2 aliphatic rings. The third-order valence-corrected chi connectivity index (χ3v) is 7.97. The van der Waals surface area contributed by atoms with E-state index < -0.39 is 0 Å². The van der Waals surface area contributed by atoms with Crippen molar-refractivity contribution >= 4 is 0 Å². The third-order valence-electron chi connectivity index (χ3n) is 7.97. The largest absolute Gasteiger partial charge is 0.373 e. The van der Waals surface area contributed by atoms with Crippen molar-refractivity contribution in [2.75, 3.05) is 20.2 Å². The molecule has 5 heteroatoms. The molecule has 1 aromatic heterocycles. The lowest BCUT2D eigenvalue weighted by atomic mass is 9.62. The van der Waals surface area contributed by atoms with Crippen LogP contribution in [0.15, 0.2) is 84.9 Å². The van der Waals surface area contributed by atoms with E-state index in [-0.39, 0.29) is 5.60 Å². The lowest BCUT2D eigenvalue weighted by Gasteiger charge is -2.55. The zero-order valence-corrected chi connectivity index (χ0v) is 20.2. The Labute approximate surface area is 207 Å². The van der Waals surface area contributed by atoms with Gasteiger partial charge in [0.05, 0.1) is 0 Å². The minimum absolute atomic E-state index is 0.264. The van der Waals surface area contributed by atoms with Crippen molar-refractivity contribution in [3.8, 4) is 22.8 Å². The Bertz CT molecular complexity index is 1260. The number of hydrogen-bond donors (Lipinski definition) is 1. The van der Waals surface area contributed by atoms with E-state index in [0.29, 0.717) is 11.8 Å². The molecular formula is C30H32N4O. The molecule has 1 saturated carbocycles. The maximum absolute atomic E-state index is 6.52. The number of fused-ring (bicyclic) bond motifs is 2. The number of benzene rings is 3. The summed E-state index contributed by atoms with van der Waals surface area (Å²) in [5.41, 5.74) is 4.45. The zero-order chi connectivity index (χ0) is 23.7. The molecule has 2 bridgehead atoms. The van der Waals surface area contributed by atoms with Crippen LogP contribution in [0.5, 0.6) is 0 Å². The number of nitrogens with zero attached hydrogens (tertiary/aromatic N) is 3. The number of ether oxygens (including phenoxy) is 1. The van der Waals surface area contributed by atoms with Crippen LogP contribution in [-0.4, -0.2) is 40.3 Å². The molecule has 0 amide bonds. The molecule has 5 nitrogen and oxygen atoms in total. The Morgan fingerprint density at radius 3 is 2.29 bits per heavy atom. The van der Waals surface area contributed by atoms with Gasteiger partial charge in [0.15, 0.2) is 11.6 Å². The standard InChI is InChI=1S/C30H32N4O/c1-35-30(26-16-9-17-27(30)21-34(20-26)19-22-10-4-2-5-11-22)25-15-8-14-24(18-25)29-31-28(32-33-29)23-12-6-3-7-13-23/h2-8,10-15,18,26-27H,9,16-17,19-21H2,1H3,(H,31,32,33). The number of hydrogen-bond acceptors (Lipinski definition) is 4. The number of likely N-dealkylation sites (tertiary alicyclic amines) is 1. The fourth-order valence-corrected chi connectivity index (χ4v) is 6.44. The Balaban J connectivity index is 1.30. The molecule has 2 heterocycles. The van der Waals surface area contributed by atoms with Crippen LogP contribution in [0.4, 0.5) is 0 Å². The lowest BCUT2D eigenvalue weighted by Crippen LogP contribution is -2.58. The molecule has 2 atom stereocenters. The first-order chi connectivity index (χ1) is 17.3. The molecule has 2 unspecified atom stereocenters. The average Bonchev–Trinajstić information content (AvgIpc) is 3.40. The van der Waals surface area contributed by atoms with Crippen molar-refractivity contribution in [1.82, 2.24) is 20.1 Å². The first-order valence-electron chi connectivity index (χ1n) is 12.7. The fourth-order valence-electron chi connectivity index (χ4n) is 6.44. The van der Waals surface area contributed by atoms with E-state index in [1.54, 1.807) is 0 Å². The number of rotatable bonds is 6. The summed E-state index contributed by atoms with van der Waals surface area (Å²) >= 11 is 0. The first kappa shape index (κ1) is 22.2. The van der Waals surface area contributed by atoms with Gasteiger partial charge in [-0.2, -0.15) is 5.10 Å². The van der Waals surface area contributed by atoms with Gasteiger partial charge in [0.2, 0.25) is 0 Å². The van der Waals surface area contributed by atoms with Crippen LogP contribution in [0.25, 0.3) is 22.8 Å². The molecule has 1 N–H and O–H groups in total. The van der Waals surface area contributed by atoms with Gasteiger partial charge >= 0.3 is 0 Å². The number of aromatic amines is 1. The van der Waals surface area contributed by atoms with Gasteiger partial charge in [-0.3, -0.25) is 10.00 Å². The van der Waals surface area contributed by atoms with Gasteiger partial charge in [-0.25, -0.2) is 4.98 Å². The van der Waals surface area contributed by atoms with Gasteiger partial charge in [0.25, 0.3) is 0 Å². The maximum Gasteiger partial charge on any atom is 0.181 e. The lowest BCUT2D eigenvalue weighted by molar-refractivity contribution is -0.170. The van der Waals surface area contributed by atoms with Gasteiger partial charge in [0, 0.05) is 49.7 Å². The minimum Gasteiger partial charge on any atom is -0.373 e. The number of piperidine rings is 1. The summed E-state index contributed by atoms with van der Waals surface area (Å²) in [5.74, 6) is 2.44. The number of nitrogens with one attached hydrogen (secondary N) is 1. The van der Waals surface area contributed by atoms with Crippen molar-refractivity contribution < 1.29 is 4.74 Å². The van der Waals surface area contributed by atoms with Crippen LogP contribution < -0.4 is 0 Å². The van der Waals surface area contributed by atoms with Gasteiger partial charge in [-0.1, -0.05) is 85.3 Å². The summed E-state index contributed by atoms with van der Waals surface area (Å²) in [6, 6.07) is 29.7. The van der Waals surface area contributed by atoms with Crippen LogP contribution in [0.2, 0.25) is 0 Å². The Morgan fingerprint density at radius 1 is 0.886 bits per heavy atom. The van der Waals surface area contributed by atoms with Crippen LogP contribution in [0.3, 0.4) is 0 Å². The highest BCUT2D eigenvalue weighted by atomic mass is 16.5. The Morgan fingerprint density at radius 2 is 1.57 bits per heavy atom. The van der Waals surface area contributed by atoms with Crippen LogP contribution >= 0.6 is 0 Å². The quantitative estimate of drug-likeness (QED) is 0.385. The monoisotopic (exact) mass is 464 g/mol. The van der Waals surface area contributed by atoms with Crippen molar-refractivity contribution in [3.63, 3.8) is 0 Å². The highest BCUT2D eigenvalue weighted by molar-refractivity contribution is 5.62. The number of methoxy groups -OCH3 is 1. The molecule has 3 aromatic carbocycles. The van der Waals surface area contributed by atoms with Crippen LogP contribution in [-0.2, 0) is 16.9 Å². The predicted octanol–water partition coefficient (Wildman–Crippen LogP) is 5.91. The second-order valence-corrected chi connectivity index (χ2v) is 9.96. The molecule has 1 aliphatic heterocycles. The normalized spacial score (nSPS) is 24.4. The molecule has 6 rings (SSSR count). The molecule has 0 radical (unpaired) electrons. The van der Waals surface area contributed by atoms with Gasteiger partial charge < -0.3 is 4.74 Å². The third kappa shape index (κ3) is 4.09. The molecule has 1 aliphatic carbocycles. The summed E-state index contributed by atoms with van der Waals surface area (Å²) in [4.78, 5) is 7.43. The molecule has 4 aromatic rings. The highest BCUT2D eigenvalue weighted by Gasteiger charge is 2.53. The summed E-state index contributed by atoms with van der Waals surface area (Å²) in [5, 5.41) is 7.66. The van der Waals surface area contributed by atoms with Crippen LogP contribution in [0, 0.1) is 11.8 Å². The first-order valence-corrected chi connectivity index (χ1v) is 12.7. The molecule has 178 valence electrons. The molecule has 2 fully saturated rings. The smallest absolute Gasteiger partial charge is 0.181 e. The molecule has 35 heavy (non-hydrogen) atoms. The van der Waals surface area contributed by atoms with Gasteiger partial charge in [0.1, 0.15) is 5.60 Å². The van der Waals surface area contributed by atoms with Crippen molar-refractivity contribution in [2.24, 2.45) is 11.8 Å². The van der Waals surface area contributed by atoms with E-state index in [1.165, 1.54) is 30.4 Å². The topological polar surface area (TPSA) is 54.0 Å². The van der Waals surface area contributed by atoms with Crippen molar-refractivity contribution in [1.29, 1.82) is 0 Å². The number of H-pyrrole nitrogens is 1. The second kappa shape index (κ2) is 9.40. The SMILES string of the molecule is COC1(c2cccc(-c3n[nH]c(-c4ccccc4)n3)c2)C2CCCC1CN(Cc1ccccc1)C2. The second-order valence-electron chi connectivity index (χ2n) is 9.96. The van der Waals surface area contributed by atoms with Crippen molar-refractivity contribution in [2.45, 2.75) is 31.4 Å². The van der Waals surface area contributed by atoms with Crippen molar-refractivity contribution in [3.05, 3.63) is 96.1 Å². The van der Waals surface area contributed by atoms with E-state index >= 15 is 0 Å². The highest BCUT2D eigenvalue weighted by Crippen LogP contribution is 2.52. The van der Waals surface area contributed by atoms with Crippen LogP contribution in [0.1, 0.15) is 30.4 Å². The van der Waals surface area contributed by atoms with E-state index in [1.807, 2.05) is 37.4 Å². The van der Waals surface area contributed by atoms with E-state index in [4.69, 9.17) is 9.72 Å². The molecular weight excluding hydrogens is 432 g/mol. The van der Waals surface area contributed by atoms with Gasteiger partial charge in [-0.05, 0) is 30.0 Å². The maximum atomic E-state index is 6.52. The van der Waals surface area contributed by atoms with Gasteiger partial charge in [-0.15, -0.1) is 0 Å². The Kier molecular flexibility index (Phi) is 5.96. The fraction of sp³-hybridized carbons (Fsp3) is 0.333. The summed E-state index contributed by atoms with van der Waals surface area (Å²) in [7, 11) is 1.91. The van der Waals surface area contributed by atoms with E-state index in [9.17, 15) is 0 Å². The Hall–Kier alpha value is -3.28. The minimum atomic E-state index is -0.264.